The number of nitrogens with two attached hydrogens (primary N) is 1. The maximum atomic E-state index is 14.5. The van der Waals surface area contributed by atoms with Crippen LogP contribution in [0.4, 0.5) is 10.1 Å². The Bertz CT molecular complexity index is 1950. The van der Waals surface area contributed by atoms with E-state index in [4.69, 9.17) is 5.73 Å². The van der Waals surface area contributed by atoms with Gasteiger partial charge >= 0.3 is 0 Å². The molecule has 6 rings (SSSR count). The molecule has 10 nitrogen and oxygen atoms in total. The third kappa shape index (κ3) is 4.58. The molecule has 0 aliphatic rings. The normalized spacial score (nSPS) is 11.9. The lowest BCUT2D eigenvalue weighted by Gasteiger charge is -2.08. The molecule has 0 aliphatic carbocycles. The lowest BCUT2D eigenvalue weighted by molar-refractivity contribution is 0.586. The Hall–Kier alpha value is -4.68. The average molecular weight is 529 g/mol. The van der Waals surface area contributed by atoms with Crippen molar-refractivity contribution in [1.29, 1.82) is 0 Å². The molecule has 0 radical (unpaired) electrons. The molecule has 0 saturated heterocycles. The molecule has 1 aromatic carbocycles. The predicted molar refractivity (Wildman–Crippen MR) is 144 cm³/mol. The first-order valence-electron chi connectivity index (χ1n) is 11.5. The van der Waals surface area contributed by atoms with Gasteiger partial charge in [0.2, 0.25) is 10.0 Å². The van der Waals surface area contributed by atoms with Gasteiger partial charge in [0.15, 0.2) is 5.65 Å². The van der Waals surface area contributed by atoms with E-state index in [9.17, 15) is 12.8 Å². The Kier molecular flexibility index (Phi) is 5.62. The quantitative estimate of drug-likeness (QED) is 0.255. The van der Waals surface area contributed by atoms with Crippen molar-refractivity contribution in [3.8, 4) is 33.8 Å². The SMILES string of the molecule is CS(=O)(=O)NCc1cc(F)cc(-c2nccc3[nH]c(-c4[nH]nc5ncc(-c6cncc(N)c6)cc45)cc23)c1. The Morgan fingerprint density at radius 1 is 0.974 bits per heavy atom. The van der Waals surface area contributed by atoms with Gasteiger partial charge in [-0.15, -0.1) is 0 Å². The van der Waals surface area contributed by atoms with E-state index in [0.717, 1.165) is 45.1 Å². The Morgan fingerprint density at radius 2 is 1.82 bits per heavy atom. The smallest absolute Gasteiger partial charge is 0.209 e. The average Bonchev–Trinajstić information content (AvgIpc) is 3.50. The van der Waals surface area contributed by atoms with Crippen LogP contribution in [0, 0.1) is 5.82 Å². The summed E-state index contributed by atoms with van der Waals surface area (Å²) in [4.78, 5) is 16.5. The zero-order valence-electron chi connectivity index (χ0n) is 20.0. The number of aromatic nitrogens is 6. The highest BCUT2D eigenvalue weighted by atomic mass is 32.2. The Morgan fingerprint density at radius 3 is 2.63 bits per heavy atom. The fraction of sp³-hybridized carbons (Fsp3) is 0.0769. The molecule has 0 unspecified atom stereocenters. The number of halogens is 1. The van der Waals surface area contributed by atoms with Gasteiger partial charge in [0, 0.05) is 64.3 Å². The topological polar surface area (TPSA) is 155 Å². The summed E-state index contributed by atoms with van der Waals surface area (Å²) in [6.07, 6.45) is 7.71. The van der Waals surface area contributed by atoms with Crippen molar-refractivity contribution in [3.05, 3.63) is 78.6 Å². The van der Waals surface area contributed by atoms with Crippen LogP contribution in [0.25, 0.3) is 55.7 Å². The third-order valence-corrected chi connectivity index (χ3v) is 6.76. The van der Waals surface area contributed by atoms with Crippen molar-refractivity contribution in [2.75, 3.05) is 12.0 Å². The highest BCUT2D eigenvalue weighted by Gasteiger charge is 2.16. The molecule has 5 heterocycles. The van der Waals surface area contributed by atoms with Gasteiger partial charge < -0.3 is 10.7 Å². The second kappa shape index (κ2) is 9.01. The van der Waals surface area contributed by atoms with E-state index in [-0.39, 0.29) is 6.54 Å². The van der Waals surface area contributed by atoms with Gasteiger partial charge in [-0.2, -0.15) is 5.10 Å². The summed E-state index contributed by atoms with van der Waals surface area (Å²) in [6.45, 7) is -0.0317. The molecule has 0 saturated carbocycles. The standard InChI is InChI=1S/C26H21FN8O2S/c1-38(36,37)32-10-14-4-15(6-18(27)5-14)24-20-9-23(33-22(20)2-3-30-24)25-21-8-17(12-31-26(21)35-34-25)16-7-19(28)13-29-11-16/h2-9,11-13,32-33H,10,28H2,1H3,(H,31,34,35). The monoisotopic (exact) mass is 528 g/mol. The zero-order valence-corrected chi connectivity index (χ0v) is 20.8. The molecule has 0 bridgehead atoms. The van der Waals surface area contributed by atoms with E-state index in [2.05, 4.69) is 34.9 Å². The Labute approximate surface area is 216 Å². The van der Waals surface area contributed by atoms with Crippen LogP contribution in [-0.4, -0.2) is 44.8 Å². The van der Waals surface area contributed by atoms with Crippen molar-refractivity contribution in [3.63, 3.8) is 0 Å². The van der Waals surface area contributed by atoms with E-state index in [0.29, 0.717) is 28.2 Å². The molecule has 0 amide bonds. The van der Waals surface area contributed by atoms with Gasteiger partial charge in [-0.05, 0) is 48.0 Å². The van der Waals surface area contributed by atoms with Crippen LogP contribution in [0.2, 0.25) is 0 Å². The van der Waals surface area contributed by atoms with Gasteiger partial charge in [0.1, 0.15) is 5.82 Å². The number of hydrogen-bond acceptors (Lipinski definition) is 7. The van der Waals surface area contributed by atoms with E-state index in [1.165, 1.54) is 12.1 Å². The largest absolute Gasteiger partial charge is 0.397 e. The van der Waals surface area contributed by atoms with Crippen LogP contribution in [0.5, 0.6) is 0 Å². The number of nitrogens with one attached hydrogen (secondary N) is 3. The van der Waals surface area contributed by atoms with E-state index in [1.54, 1.807) is 30.9 Å². The second-order valence-electron chi connectivity index (χ2n) is 8.95. The van der Waals surface area contributed by atoms with Gasteiger partial charge in [0.05, 0.1) is 29.0 Å². The van der Waals surface area contributed by atoms with E-state index < -0.39 is 15.8 Å². The van der Waals surface area contributed by atoms with Crippen LogP contribution in [0.1, 0.15) is 5.56 Å². The molecule has 0 aliphatic heterocycles. The molecule has 0 spiro atoms. The predicted octanol–water partition coefficient (Wildman–Crippen LogP) is 4.00. The summed E-state index contributed by atoms with van der Waals surface area (Å²) >= 11 is 0. The lowest BCUT2D eigenvalue weighted by Crippen LogP contribution is -2.21. The van der Waals surface area contributed by atoms with Gasteiger partial charge in [-0.3, -0.25) is 15.1 Å². The highest BCUT2D eigenvalue weighted by Crippen LogP contribution is 2.34. The first kappa shape index (κ1) is 23.7. The minimum Gasteiger partial charge on any atom is -0.397 e. The van der Waals surface area contributed by atoms with Crippen LogP contribution in [0.15, 0.2) is 67.3 Å². The number of hydrogen-bond donors (Lipinski definition) is 4. The molecular weight excluding hydrogens is 507 g/mol. The van der Waals surface area contributed by atoms with Crippen molar-refractivity contribution in [2.45, 2.75) is 6.54 Å². The maximum Gasteiger partial charge on any atom is 0.209 e. The summed E-state index contributed by atoms with van der Waals surface area (Å²) in [6, 6.07) is 11.9. The number of aromatic amines is 2. The van der Waals surface area contributed by atoms with Gasteiger partial charge in [0.25, 0.3) is 0 Å². The highest BCUT2D eigenvalue weighted by molar-refractivity contribution is 7.88. The second-order valence-corrected chi connectivity index (χ2v) is 10.8. The summed E-state index contributed by atoms with van der Waals surface area (Å²) in [5.41, 5.74) is 12.5. The lowest BCUT2D eigenvalue weighted by atomic mass is 10.0. The minimum atomic E-state index is -3.43. The van der Waals surface area contributed by atoms with Crippen LogP contribution in [-0.2, 0) is 16.6 Å². The molecule has 6 aromatic rings. The number of H-pyrrole nitrogens is 2. The molecular formula is C26H21FN8O2S. The number of anilines is 1. The minimum absolute atomic E-state index is 0.0317. The number of pyridine rings is 3. The fourth-order valence-electron chi connectivity index (χ4n) is 4.40. The van der Waals surface area contributed by atoms with Crippen LogP contribution >= 0.6 is 0 Å². The summed E-state index contributed by atoms with van der Waals surface area (Å²) in [5.74, 6) is -0.489. The Balaban J connectivity index is 1.43. The molecule has 0 atom stereocenters. The summed E-state index contributed by atoms with van der Waals surface area (Å²) < 4.78 is 39.9. The first-order chi connectivity index (χ1) is 18.2. The molecule has 190 valence electrons. The zero-order chi connectivity index (χ0) is 26.4. The maximum absolute atomic E-state index is 14.5. The molecule has 38 heavy (non-hydrogen) atoms. The van der Waals surface area contributed by atoms with Gasteiger partial charge in [-0.25, -0.2) is 22.5 Å². The number of sulfonamides is 1. The number of nitrogens with zero attached hydrogens (tertiary/aromatic N) is 4. The number of nitrogen functional groups attached to an aromatic ring is 1. The van der Waals surface area contributed by atoms with E-state index >= 15 is 0 Å². The number of benzene rings is 1. The summed E-state index contributed by atoms with van der Waals surface area (Å²) in [5, 5.41) is 8.97. The van der Waals surface area contributed by atoms with Crippen LogP contribution < -0.4 is 10.5 Å². The van der Waals surface area contributed by atoms with E-state index in [1.807, 2.05) is 24.3 Å². The molecule has 12 heteroatoms. The molecule has 5 aromatic heterocycles. The third-order valence-electron chi connectivity index (χ3n) is 6.09. The van der Waals surface area contributed by atoms with Crippen molar-refractivity contribution < 1.29 is 12.8 Å². The fourth-order valence-corrected chi connectivity index (χ4v) is 4.83. The van der Waals surface area contributed by atoms with Crippen molar-refractivity contribution in [1.82, 2.24) is 34.9 Å². The number of rotatable bonds is 6. The molecule has 0 fully saturated rings. The van der Waals surface area contributed by atoms with Crippen molar-refractivity contribution in [2.24, 2.45) is 0 Å². The van der Waals surface area contributed by atoms with Gasteiger partial charge in [-0.1, -0.05) is 0 Å². The summed E-state index contributed by atoms with van der Waals surface area (Å²) in [7, 11) is -3.43. The molecule has 5 N–H and O–H groups in total. The van der Waals surface area contributed by atoms with Crippen LogP contribution in [0.3, 0.4) is 0 Å². The van der Waals surface area contributed by atoms with Crippen molar-refractivity contribution >= 4 is 37.6 Å². The number of fused-ring (bicyclic) bond motifs is 2. The first-order valence-corrected chi connectivity index (χ1v) is 13.4.